The van der Waals surface area contributed by atoms with Gasteiger partial charge in [-0.05, 0) is 37.1 Å². The number of aliphatic imine (C=N–C) groups is 1. The van der Waals surface area contributed by atoms with Gasteiger partial charge in [-0.2, -0.15) is 9.30 Å². The summed E-state index contributed by atoms with van der Waals surface area (Å²) in [5, 5.41) is 0. The van der Waals surface area contributed by atoms with Crippen molar-refractivity contribution in [1.82, 2.24) is 4.31 Å². The van der Waals surface area contributed by atoms with Gasteiger partial charge >= 0.3 is 0 Å². The molecule has 1 aromatic rings. The second-order valence-corrected chi connectivity index (χ2v) is 6.75. The van der Waals surface area contributed by atoms with Crippen LogP contribution in [0.4, 0.5) is 5.69 Å². The highest BCUT2D eigenvalue weighted by Crippen LogP contribution is 2.20. The molecule has 0 heterocycles. The molecule has 6 heteroatoms. The van der Waals surface area contributed by atoms with Gasteiger partial charge in [0, 0.05) is 13.1 Å². The molecule has 0 fully saturated rings. The lowest BCUT2D eigenvalue weighted by Crippen LogP contribution is -2.33. The molecule has 0 saturated carbocycles. The molecule has 0 radical (unpaired) electrons. The van der Waals surface area contributed by atoms with Crippen molar-refractivity contribution >= 4 is 21.8 Å². The van der Waals surface area contributed by atoms with E-state index >= 15 is 0 Å². The van der Waals surface area contributed by atoms with Gasteiger partial charge in [0.2, 0.25) is 16.1 Å². The zero-order valence-corrected chi connectivity index (χ0v) is 13.4. The lowest BCUT2D eigenvalue weighted by molar-refractivity contribution is 0.395. The van der Waals surface area contributed by atoms with Crippen molar-refractivity contribution in [1.29, 1.82) is 0 Å². The van der Waals surface area contributed by atoms with E-state index in [9.17, 15) is 13.2 Å². The van der Waals surface area contributed by atoms with Crippen LogP contribution in [0.15, 0.2) is 34.2 Å². The molecule has 116 valence electrons. The first-order chi connectivity index (χ1) is 10.1. The van der Waals surface area contributed by atoms with E-state index in [1.165, 1.54) is 34.7 Å². The first-order valence-electron chi connectivity index (χ1n) is 7.24. The number of hydrogen-bond donors (Lipinski definition) is 0. The predicted octanol–water partition coefficient (Wildman–Crippen LogP) is 3.24. The van der Waals surface area contributed by atoms with E-state index in [4.69, 9.17) is 0 Å². The van der Waals surface area contributed by atoms with E-state index in [0.29, 0.717) is 18.8 Å². The third-order valence-electron chi connectivity index (χ3n) is 3.17. The summed E-state index contributed by atoms with van der Waals surface area (Å²) in [7, 11) is -3.48. The molecule has 0 bridgehead atoms. The monoisotopic (exact) mass is 310 g/mol. The van der Waals surface area contributed by atoms with Gasteiger partial charge in [-0.15, -0.1) is 0 Å². The average molecular weight is 310 g/mol. The smallest absolute Gasteiger partial charge is 0.211 e. The lowest BCUT2D eigenvalue weighted by Gasteiger charge is -2.21. The minimum absolute atomic E-state index is 0.236. The van der Waals surface area contributed by atoms with Crippen LogP contribution < -0.4 is 0 Å². The Morgan fingerprint density at radius 3 is 2.00 bits per heavy atom. The first-order valence-corrected chi connectivity index (χ1v) is 8.68. The number of isocyanates is 1. The normalized spacial score (nSPS) is 11.4. The largest absolute Gasteiger partial charge is 0.243 e. The highest BCUT2D eigenvalue weighted by Gasteiger charge is 2.23. The first kappa shape index (κ1) is 17.6. The lowest BCUT2D eigenvalue weighted by atomic mass is 10.3. The summed E-state index contributed by atoms with van der Waals surface area (Å²) in [4.78, 5) is 13.9. The van der Waals surface area contributed by atoms with Gasteiger partial charge in [-0.25, -0.2) is 13.2 Å². The summed E-state index contributed by atoms with van der Waals surface area (Å²) in [6.45, 7) is 5.15. The topological polar surface area (TPSA) is 66.8 Å². The third kappa shape index (κ3) is 5.08. The predicted molar refractivity (Wildman–Crippen MR) is 82.8 cm³/mol. The summed E-state index contributed by atoms with van der Waals surface area (Å²) in [5.74, 6) is 0. The molecule has 0 spiro atoms. The second-order valence-electron chi connectivity index (χ2n) is 4.81. The fourth-order valence-electron chi connectivity index (χ4n) is 1.92. The van der Waals surface area contributed by atoms with Crippen LogP contribution in [-0.4, -0.2) is 31.9 Å². The summed E-state index contributed by atoms with van der Waals surface area (Å²) in [5.41, 5.74) is 0.401. The number of carbonyl (C=O) groups excluding carboxylic acids is 1. The molecule has 0 atom stereocenters. The fourth-order valence-corrected chi connectivity index (χ4v) is 3.43. The molecule has 21 heavy (non-hydrogen) atoms. The van der Waals surface area contributed by atoms with Gasteiger partial charge < -0.3 is 0 Å². The molecule has 1 aromatic carbocycles. The van der Waals surface area contributed by atoms with Crippen LogP contribution >= 0.6 is 0 Å². The van der Waals surface area contributed by atoms with Crippen molar-refractivity contribution in [3.8, 4) is 0 Å². The molecule has 0 unspecified atom stereocenters. The maximum Gasteiger partial charge on any atom is 0.243 e. The Morgan fingerprint density at radius 2 is 1.57 bits per heavy atom. The third-order valence-corrected chi connectivity index (χ3v) is 5.08. The maximum absolute atomic E-state index is 12.6. The van der Waals surface area contributed by atoms with Crippen molar-refractivity contribution in [3.05, 3.63) is 24.3 Å². The van der Waals surface area contributed by atoms with Crippen molar-refractivity contribution in [2.75, 3.05) is 13.1 Å². The molecule has 0 aliphatic heterocycles. The molecular formula is C15H22N2O3S. The van der Waals surface area contributed by atoms with Crippen LogP contribution in [0.3, 0.4) is 0 Å². The molecule has 0 saturated heterocycles. The van der Waals surface area contributed by atoms with Gasteiger partial charge in [0.25, 0.3) is 0 Å². The van der Waals surface area contributed by atoms with Gasteiger partial charge in [-0.3, -0.25) is 0 Å². The number of rotatable bonds is 9. The van der Waals surface area contributed by atoms with E-state index in [0.717, 1.165) is 25.7 Å². The van der Waals surface area contributed by atoms with E-state index in [1.807, 2.05) is 13.8 Å². The molecule has 0 amide bonds. The fraction of sp³-hybridized carbons (Fsp3) is 0.533. The Hall–Kier alpha value is -1.49. The van der Waals surface area contributed by atoms with E-state index in [-0.39, 0.29) is 4.90 Å². The highest BCUT2D eigenvalue weighted by atomic mass is 32.2. The number of nitrogens with zero attached hydrogens (tertiary/aromatic N) is 2. The van der Waals surface area contributed by atoms with Crippen LogP contribution in [0.5, 0.6) is 0 Å². The molecule has 0 aromatic heterocycles. The van der Waals surface area contributed by atoms with Crippen LogP contribution in [0.1, 0.15) is 39.5 Å². The Labute approximate surface area is 126 Å². The molecule has 5 nitrogen and oxygen atoms in total. The van der Waals surface area contributed by atoms with Gasteiger partial charge in [-0.1, -0.05) is 26.7 Å². The molecule has 0 aliphatic carbocycles. The number of unbranched alkanes of at least 4 members (excludes halogenated alkanes) is 2. The Kier molecular flexibility index (Phi) is 7.29. The van der Waals surface area contributed by atoms with E-state index in [2.05, 4.69) is 4.99 Å². The number of benzene rings is 1. The SMILES string of the molecule is CCCCN(CCCC)S(=O)(=O)c1ccc(N=C=O)cc1. The van der Waals surface area contributed by atoms with Crippen LogP contribution in [-0.2, 0) is 14.8 Å². The molecular weight excluding hydrogens is 288 g/mol. The number of hydrogen-bond acceptors (Lipinski definition) is 4. The van der Waals surface area contributed by atoms with Crippen molar-refractivity contribution in [2.45, 2.75) is 44.4 Å². The van der Waals surface area contributed by atoms with Crippen LogP contribution in [0, 0.1) is 0 Å². The van der Waals surface area contributed by atoms with Crippen molar-refractivity contribution < 1.29 is 13.2 Å². The van der Waals surface area contributed by atoms with Crippen LogP contribution in [0.25, 0.3) is 0 Å². The molecule has 1 rings (SSSR count). The summed E-state index contributed by atoms with van der Waals surface area (Å²) in [6.07, 6.45) is 5.02. The zero-order chi connectivity index (χ0) is 15.7. The molecule has 0 aliphatic rings. The minimum Gasteiger partial charge on any atom is -0.211 e. The van der Waals surface area contributed by atoms with Gasteiger partial charge in [0.05, 0.1) is 10.6 Å². The Bertz CT molecular complexity index is 567. The Morgan fingerprint density at radius 1 is 1.05 bits per heavy atom. The van der Waals surface area contributed by atoms with Crippen molar-refractivity contribution in [2.24, 2.45) is 4.99 Å². The van der Waals surface area contributed by atoms with E-state index in [1.54, 1.807) is 0 Å². The summed E-state index contributed by atoms with van der Waals surface area (Å²) in [6, 6.07) is 5.98. The zero-order valence-electron chi connectivity index (χ0n) is 12.6. The summed E-state index contributed by atoms with van der Waals surface area (Å²) >= 11 is 0. The van der Waals surface area contributed by atoms with Crippen molar-refractivity contribution in [3.63, 3.8) is 0 Å². The summed E-state index contributed by atoms with van der Waals surface area (Å²) < 4.78 is 26.8. The van der Waals surface area contributed by atoms with Crippen LogP contribution in [0.2, 0.25) is 0 Å². The quantitative estimate of drug-likeness (QED) is 0.519. The number of sulfonamides is 1. The molecule has 0 N–H and O–H groups in total. The minimum atomic E-state index is -3.48. The Balaban J connectivity index is 2.99. The van der Waals surface area contributed by atoms with Gasteiger partial charge in [0.1, 0.15) is 0 Å². The second kappa shape index (κ2) is 8.72. The average Bonchev–Trinajstić information content (AvgIpc) is 2.48. The standard InChI is InChI=1S/C15H22N2O3S/c1-3-5-11-17(12-6-4-2)21(19,20)15-9-7-14(8-10-15)16-13-18/h7-10H,3-6,11-12H2,1-2H3. The maximum atomic E-state index is 12.6. The van der Waals surface area contributed by atoms with E-state index < -0.39 is 10.0 Å². The highest BCUT2D eigenvalue weighted by molar-refractivity contribution is 7.89. The van der Waals surface area contributed by atoms with Gasteiger partial charge in [0.15, 0.2) is 0 Å².